The number of carbonyl (C=O) groups is 1. The zero-order valence-electron chi connectivity index (χ0n) is 11.6. The van der Waals surface area contributed by atoms with Crippen molar-refractivity contribution in [3.05, 3.63) is 54.1 Å². The molecule has 0 aromatic heterocycles. The third-order valence-electron chi connectivity index (χ3n) is 2.73. The Hall–Kier alpha value is -3.00. The van der Waals surface area contributed by atoms with Crippen LogP contribution in [0.1, 0.15) is 5.56 Å². The van der Waals surface area contributed by atoms with E-state index in [1.54, 1.807) is 24.3 Å². The van der Waals surface area contributed by atoms with Crippen LogP contribution in [0.5, 0.6) is 5.75 Å². The first kappa shape index (κ1) is 14.4. The largest absolute Gasteiger partial charge is 0.479 e. The van der Waals surface area contributed by atoms with Crippen LogP contribution in [0.3, 0.4) is 0 Å². The molecule has 2 N–H and O–H groups in total. The lowest BCUT2D eigenvalue weighted by molar-refractivity contribution is 0.262. The van der Waals surface area contributed by atoms with E-state index in [1.807, 2.05) is 37.3 Å². The molecule has 0 saturated heterocycles. The van der Waals surface area contributed by atoms with Crippen molar-refractivity contribution >= 4 is 17.4 Å². The summed E-state index contributed by atoms with van der Waals surface area (Å²) in [5, 5.41) is 13.9. The van der Waals surface area contributed by atoms with Gasteiger partial charge in [0.1, 0.15) is 11.8 Å². The highest BCUT2D eigenvalue weighted by Crippen LogP contribution is 2.16. The summed E-state index contributed by atoms with van der Waals surface area (Å²) in [7, 11) is 0. The fourth-order valence-corrected chi connectivity index (χ4v) is 1.68. The number of nitrogens with zero attached hydrogens (tertiary/aromatic N) is 1. The number of hydrogen-bond acceptors (Lipinski definition) is 3. The molecule has 0 radical (unpaired) electrons. The smallest absolute Gasteiger partial charge is 0.323 e. The molecule has 0 fully saturated rings. The molecular formula is C16H15N3O2. The molecule has 0 aliphatic heterocycles. The molecule has 2 rings (SSSR count). The molecule has 2 aromatic carbocycles. The molecule has 5 heteroatoms. The molecule has 0 bridgehead atoms. The summed E-state index contributed by atoms with van der Waals surface area (Å²) in [6.07, 6.45) is 0. The molecule has 2 amide bonds. The van der Waals surface area contributed by atoms with Gasteiger partial charge in [0.25, 0.3) is 0 Å². The second-order valence-corrected chi connectivity index (χ2v) is 4.42. The van der Waals surface area contributed by atoms with Gasteiger partial charge in [-0.15, -0.1) is 0 Å². The number of nitriles is 1. The second-order valence-electron chi connectivity index (χ2n) is 4.42. The van der Waals surface area contributed by atoms with Crippen LogP contribution in [0, 0.1) is 18.3 Å². The molecule has 106 valence electrons. The van der Waals surface area contributed by atoms with Crippen molar-refractivity contribution in [2.45, 2.75) is 6.92 Å². The Morgan fingerprint density at radius 3 is 2.10 bits per heavy atom. The predicted octanol–water partition coefficient (Wildman–Crippen LogP) is 3.54. The Morgan fingerprint density at radius 2 is 1.57 bits per heavy atom. The fraction of sp³-hybridized carbons (Fsp3) is 0.125. The molecule has 21 heavy (non-hydrogen) atoms. The zero-order chi connectivity index (χ0) is 15.1. The van der Waals surface area contributed by atoms with Gasteiger partial charge in [-0.25, -0.2) is 4.79 Å². The molecule has 0 atom stereocenters. The number of ether oxygens (including phenoxy) is 1. The maximum atomic E-state index is 11.8. The highest BCUT2D eigenvalue weighted by molar-refractivity contribution is 5.99. The first-order chi connectivity index (χ1) is 10.2. The lowest BCUT2D eigenvalue weighted by Gasteiger charge is -2.08. The van der Waals surface area contributed by atoms with Crippen molar-refractivity contribution in [3.63, 3.8) is 0 Å². The summed E-state index contributed by atoms with van der Waals surface area (Å²) >= 11 is 0. The van der Waals surface area contributed by atoms with Crippen LogP contribution in [0.15, 0.2) is 48.5 Å². The molecule has 2 aromatic rings. The normalized spacial score (nSPS) is 9.52. The molecule has 0 aliphatic rings. The summed E-state index contributed by atoms with van der Waals surface area (Å²) in [5.74, 6) is 0.584. The number of benzene rings is 2. The maximum absolute atomic E-state index is 11.8. The Bertz CT molecular complexity index is 643. The standard InChI is InChI=1S/C16H15N3O2/c1-12-2-4-13(5-3-12)18-16(20)19-14-6-8-15(9-7-14)21-11-10-17/h2-9H,11H2,1H3,(H2,18,19,20). The first-order valence-corrected chi connectivity index (χ1v) is 6.42. The number of aryl methyl sites for hydroxylation is 1. The molecular weight excluding hydrogens is 266 g/mol. The molecule has 0 saturated carbocycles. The first-order valence-electron chi connectivity index (χ1n) is 6.42. The van der Waals surface area contributed by atoms with Crippen molar-refractivity contribution in [1.29, 1.82) is 5.26 Å². The Balaban J connectivity index is 1.90. The van der Waals surface area contributed by atoms with Crippen molar-refractivity contribution in [3.8, 4) is 11.8 Å². The fourth-order valence-electron chi connectivity index (χ4n) is 1.68. The number of urea groups is 1. The van der Waals surface area contributed by atoms with Crippen molar-refractivity contribution in [2.75, 3.05) is 17.2 Å². The molecule has 0 unspecified atom stereocenters. The molecule has 5 nitrogen and oxygen atoms in total. The summed E-state index contributed by atoms with van der Waals surface area (Å²) < 4.78 is 5.13. The summed E-state index contributed by atoms with van der Waals surface area (Å²) in [6.45, 7) is 1.99. The van der Waals surface area contributed by atoms with Gasteiger partial charge in [0, 0.05) is 11.4 Å². The van der Waals surface area contributed by atoms with E-state index in [-0.39, 0.29) is 12.6 Å². The zero-order valence-corrected chi connectivity index (χ0v) is 11.6. The average Bonchev–Trinajstić information content (AvgIpc) is 2.49. The number of carbonyl (C=O) groups excluding carboxylic acids is 1. The van der Waals surface area contributed by atoms with Gasteiger partial charge in [0.15, 0.2) is 6.61 Å². The summed E-state index contributed by atoms with van der Waals surface area (Å²) in [5.41, 5.74) is 2.50. The quantitative estimate of drug-likeness (QED) is 0.900. The van der Waals surface area contributed by atoms with Gasteiger partial charge in [-0.05, 0) is 43.3 Å². The van der Waals surface area contributed by atoms with Crippen LogP contribution in [0.4, 0.5) is 16.2 Å². The minimum atomic E-state index is -0.315. The minimum absolute atomic E-state index is 0.000680. The van der Waals surface area contributed by atoms with Gasteiger partial charge < -0.3 is 15.4 Å². The second kappa shape index (κ2) is 6.96. The molecule has 0 heterocycles. The Morgan fingerprint density at radius 1 is 1.05 bits per heavy atom. The minimum Gasteiger partial charge on any atom is -0.479 e. The van der Waals surface area contributed by atoms with Crippen LogP contribution < -0.4 is 15.4 Å². The number of hydrogen-bond donors (Lipinski definition) is 2. The van der Waals surface area contributed by atoms with Crippen molar-refractivity contribution in [2.24, 2.45) is 0 Å². The summed E-state index contributed by atoms with van der Waals surface area (Å²) in [4.78, 5) is 11.8. The van der Waals surface area contributed by atoms with E-state index in [1.165, 1.54) is 0 Å². The lowest BCUT2D eigenvalue weighted by atomic mass is 10.2. The van der Waals surface area contributed by atoms with Crippen LogP contribution in [-0.4, -0.2) is 12.6 Å². The topological polar surface area (TPSA) is 74.2 Å². The molecule has 0 aliphatic carbocycles. The number of rotatable bonds is 4. The van der Waals surface area contributed by atoms with E-state index >= 15 is 0 Å². The SMILES string of the molecule is Cc1ccc(NC(=O)Nc2ccc(OCC#N)cc2)cc1. The van der Waals surface area contributed by atoms with Gasteiger partial charge in [0.05, 0.1) is 0 Å². The third-order valence-corrected chi connectivity index (χ3v) is 2.73. The van der Waals surface area contributed by atoms with E-state index in [0.29, 0.717) is 11.4 Å². The van der Waals surface area contributed by atoms with Crippen LogP contribution in [0.2, 0.25) is 0 Å². The summed E-state index contributed by atoms with van der Waals surface area (Å²) in [6, 6.07) is 15.9. The van der Waals surface area contributed by atoms with Crippen LogP contribution in [-0.2, 0) is 0 Å². The highest BCUT2D eigenvalue weighted by atomic mass is 16.5. The van der Waals surface area contributed by atoms with E-state index in [9.17, 15) is 4.79 Å². The van der Waals surface area contributed by atoms with Crippen molar-refractivity contribution < 1.29 is 9.53 Å². The Labute approximate surface area is 123 Å². The van der Waals surface area contributed by atoms with Crippen LogP contribution in [0.25, 0.3) is 0 Å². The maximum Gasteiger partial charge on any atom is 0.323 e. The van der Waals surface area contributed by atoms with Crippen LogP contribution >= 0.6 is 0 Å². The predicted molar refractivity (Wildman–Crippen MR) is 81.4 cm³/mol. The van der Waals surface area contributed by atoms with Gasteiger partial charge in [-0.3, -0.25) is 0 Å². The monoisotopic (exact) mass is 281 g/mol. The number of amides is 2. The van der Waals surface area contributed by atoms with Gasteiger partial charge in [-0.2, -0.15) is 5.26 Å². The van der Waals surface area contributed by atoms with E-state index < -0.39 is 0 Å². The van der Waals surface area contributed by atoms with Gasteiger partial charge in [-0.1, -0.05) is 17.7 Å². The van der Waals surface area contributed by atoms with E-state index in [4.69, 9.17) is 10.00 Å². The van der Waals surface area contributed by atoms with Gasteiger partial charge >= 0.3 is 6.03 Å². The highest BCUT2D eigenvalue weighted by Gasteiger charge is 2.02. The third kappa shape index (κ3) is 4.55. The Kier molecular flexibility index (Phi) is 4.78. The van der Waals surface area contributed by atoms with E-state index in [2.05, 4.69) is 10.6 Å². The number of anilines is 2. The average molecular weight is 281 g/mol. The lowest BCUT2D eigenvalue weighted by Crippen LogP contribution is -2.19. The number of nitrogens with one attached hydrogen (secondary N) is 2. The van der Waals surface area contributed by atoms with E-state index in [0.717, 1.165) is 11.3 Å². The van der Waals surface area contributed by atoms with Crippen molar-refractivity contribution in [1.82, 2.24) is 0 Å². The molecule has 0 spiro atoms. The van der Waals surface area contributed by atoms with Gasteiger partial charge in [0.2, 0.25) is 0 Å².